The first kappa shape index (κ1) is 22.6. The molecule has 0 atom stereocenters. The van der Waals surface area contributed by atoms with Crippen LogP contribution in [0.2, 0.25) is 0 Å². The van der Waals surface area contributed by atoms with Crippen LogP contribution < -0.4 is 14.2 Å². The lowest BCUT2D eigenvalue weighted by Crippen LogP contribution is -2.46. The van der Waals surface area contributed by atoms with Gasteiger partial charge in [0.2, 0.25) is 0 Å². The predicted octanol–water partition coefficient (Wildman–Crippen LogP) is 2.68. The van der Waals surface area contributed by atoms with E-state index in [0.717, 1.165) is 0 Å². The van der Waals surface area contributed by atoms with Crippen molar-refractivity contribution in [3.63, 3.8) is 0 Å². The molecule has 2 amide bonds. The van der Waals surface area contributed by atoms with E-state index in [1.807, 2.05) is 0 Å². The Bertz CT molecular complexity index is 1040. The van der Waals surface area contributed by atoms with Gasteiger partial charge in [-0.3, -0.25) is 19.7 Å². The molecule has 0 aliphatic carbocycles. The van der Waals surface area contributed by atoms with E-state index in [1.165, 1.54) is 41.4 Å². The van der Waals surface area contributed by atoms with E-state index in [-0.39, 0.29) is 17.3 Å². The summed E-state index contributed by atoms with van der Waals surface area (Å²) in [5.74, 6) is 0.325. The number of methoxy groups -OCH3 is 2. The maximum absolute atomic E-state index is 12.7. The molecule has 1 aliphatic rings. The predicted molar refractivity (Wildman–Crippen MR) is 115 cm³/mol. The van der Waals surface area contributed by atoms with Crippen LogP contribution in [0.25, 0.3) is 6.08 Å². The number of nitro groups is 1. The van der Waals surface area contributed by atoms with Crippen LogP contribution in [-0.2, 0) is 9.59 Å². The van der Waals surface area contributed by atoms with Crippen molar-refractivity contribution in [2.45, 2.75) is 6.42 Å². The summed E-state index contributed by atoms with van der Waals surface area (Å²) in [7, 11) is 3.07. The number of ether oxygens (including phenoxy) is 3. The monoisotopic (exact) mass is 441 g/mol. The highest BCUT2D eigenvalue weighted by Crippen LogP contribution is 2.27. The molecule has 0 spiro atoms. The van der Waals surface area contributed by atoms with Crippen LogP contribution in [0.4, 0.5) is 5.69 Å². The first-order valence-electron chi connectivity index (χ1n) is 9.82. The molecule has 0 radical (unpaired) electrons. The van der Waals surface area contributed by atoms with Crippen LogP contribution >= 0.6 is 0 Å². The van der Waals surface area contributed by atoms with Gasteiger partial charge in [-0.25, -0.2) is 10.0 Å². The fraction of sp³-hybridized carbons (Fsp3) is 0.273. The normalized spacial score (nSPS) is 13.3. The molecule has 32 heavy (non-hydrogen) atoms. The average Bonchev–Trinajstić information content (AvgIpc) is 3.31. The highest BCUT2D eigenvalue weighted by atomic mass is 16.6. The Labute approximate surface area is 184 Å². The Morgan fingerprint density at radius 1 is 1.06 bits per heavy atom. The Balaban J connectivity index is 1.67. The molecule has 1 fully saturated rings. The molecule has 1 heterocycles. The zero-order valence-electron chi connectivity index (χ0n) is 17.7. The maximum atomic E-state index is 12.7. The molecule has 1 aliphatic heterocycles. The molecule has 1 saturated heterocycles. The second kappa shape index (κ2) is 10.3. The van der Waals surface area contributed by atoms with Gasteiger partial charge in [0.25, 0.3) is 11.8 Å². The number of carbonyl (C=O) groups excluding carboxylic acids is 2. The van der Waals surface area contributed by atoms with E-state index in [2.05, 4.69) is 0 Å². The topological polar surface area (TPSA) is 111 Å². The van der Waals surface area contributed by atoms with Gasteiger partial charge < -0.3 is 14.2 Å². The van der Waals surface area contributed by atoms with E-state index in [0.29, 0.717) is 36.6 Å². The molecule has 0 N–H and O–H groups in total. The highest BCUT2D eigenvalue weighted by Gasteiger charge is 2.30. The number of amides is 2. The van der Waals surface area contributed by atoms with Crippen LogP contribution in [0.5, 0.6) is 17.2 Å². The van der Waals surface area contributed by atoms with Gasteiger partial charge in [0.1, 0.15) is 11.5 Å². The lowest BCUT2D eigenvalue weighted by Gasteiger charge is -2.26. The lowest BCUT2D eigenvalue weighted by atomic mass is 10.1. The molecular formula is C22H23N3O7. The summed E-state index contributed by atoms with van der Waals surface area (Å²) >= 11 is 0. The molecule has 10 nitrogen and oxygen atoms in total. The summed E-state index contributed by atoms with van der Waals surface area (Å²) in [6.45, 7) is 0.291. The van der Waals surface area contributed by atoms with Crippen LogP contribution in [0.1, 0.15) is 12.0 Å². The fourth-order valence-electron chi connectivity index (χ4n) is 3.26. The van der Waals surface area contributed by atoms with E-state index in [9.17, 15) is 19.7 Å². The molecule has 2 aromatic rings. The lowest BCUT2D eigenvalue weighted by molar-refractivity contribution is -0.385. The zero-order valence-corrected chi connectivity index (χ0v) is 17.7. The number of para-hydroxylation sites is 2. The van der Waals surface area contributed by atoms with E-state index >= 15 is 0 Å². The third-order valence-corrected chi connectivity index (χ3v) is 4.83. The van der Waals surface area contributed by atoms with Gasteiger partial charge in [0, 0.05) is 30.8 Å². The van der Waals surface area contributed by atoms with Gasteiger partial charge in [-0.2, -0.15) is 0 Å². The summed E-state index contributed by atoms with van der Waals surface area (Å²) in [6.07, 6.45) is 3.56. The van der Waals surface area contributed by atoms with E-state index in [4.69, 9.17) is 14.2 Å². The Morgan fingerprint density at radius 3 is 2.53 bits per heavy atom. The first-order chi connectivity index (χ1) is 15.4. The van der Waals surface area contributed by atoms with Crippen molar-refractivity contribution in [3.05, 3.63) is 64.2 Å². The van der Waals surface area contributed by atoms with Crippen molar-refractivity contribution >= 4 is 23.6 Å². The minimum atomic E-state index is -0.580. The van der Waals surface area contributed by atoms with Crippen molar-refractivity contribution in [1.29, 1.82) is 0 Å². The number of nitrogens with zero attached hydrogens (tertiary/aromatic N) is 3. The molecule has 2 aromatic carbocycles. The summed E-state index contributed by atoms with van der Waals surface area (Å²) in [5.41, 5.74) is 0.418. The molecule has 0 aromatic heterocycles. The van der Waals surface area contributed by atoms with Crippen molar-refractivity contribution in [1.82, 2.24) is 10.0 Å². The second-order valence-corrected chi connectivity index (χ2v) is 6.79. The zero-order chi connectivity index (χ0) is 23.1. The van der Waals surface area contributed by atoms with E-state index in [1.54, 1.807) is 37.5 Å². The standard InChI is InChI=1S/C22H23N3O7/c1-30-17-9-10-19(31-2)16(14-17)8-11-21(26)23-12-5-13-24(23)22(27)15-32-20-7-4-3-6-18(20)25(28)29/h3-4,6-11,14H,5,12-13,15H2,1-2H3/b11-8+. The minimum Gasteiger partial charge on any atom is -0.497 e. The van der Waals surface area contributed by atoms with Gasteiger partial charge in [-0.1, -0.05) is 12.1 Å². The van der Waals surface area contributed by atoms with Gasteiger partial charge in [0.05, 0.1) is 19.1 Å². The second-order valence-electron chi connectivity index (χ2n) is 6.79. The highest BCUT2D eigenvalue weighted by molar-refractivity contribution is 5.94. The average molecular weight is 441 g/mol. The molecule has 0 unspecified atom stereocenters. The quantitative estimate of drug-likeness (QED) is 0.352. The van der Waals surface area contributed by atoms with Crippen LogP contribution in [-0.4, -0.2) is 60.7 Å². The van der Waals surface area contributed by atoms with Gasteiger partial charge in [-0.15, -0.1) is 0 Å². The Morgan fingerprint density at radius 2 is 1.81 bits per heavy atom. The number of hydrogen-bond donors (Lipinski definition) is 0. The van der Waals surface area contributed by atoms with Crippen LogP contribution in [0, 0.1) is 10.1 Å². The molecule has 168 valence electrons. The maximum Gasteiger partial charge on any atom is 0.310 e. The number of rotatable bonds is 8. The van der Waals surface area contributed by atoms with Crippen LogP contribution in [0.3, 0.4) is 0 Å². The molecule has 0 bridgehead atoms. The fourth-order valence-corrected chi connectivity index (χ4v) is 3.26. The summed E-state index contributed by atoms with van der Waals surface area (Å²) < 4.78 is 15.9. The largest absolute Gasteiger partial charge is 0.497 e. The molecular weight excluding hydrogens is 418 g/mol. The number of hydrazine groups is 1. The van der Waals surface area contributed by atoms with Crippen molar-refractivity contribution in [2.24, 2.45) is 0 Å². The van der Waals surface area contributed by atoms with Gasteiger partial charge >= 0.3 is 5.69 Å². The number of nitro benzene ring substituents is 1. The summed E-state index contributed by atoms with van der Waals surface area (Å²) in [5, 5.41) is 13.7. The van der Waals surface area contributed by atoms with Crippen molar-refractivity contribution in [2.75, 3.05) is 33.9 Å². The smallest absolute Gasteiger partial charge is 0.310 e. The molecule has 10 heteroatoms. The molecule has 3 rings (SSSR count). The SMILES string of the molecule is COc1ccc(OC)c(/C=C/C(=O)N2CCCN2C(=O)COc2ccccc2[N+](=O)[O-])c1. The number of hydrogen-bond acceptors (Lipinski definition) is 7. The third-order valence-electron chi connectivity index (χ3n) is 4.83. The Kier molecular flexibility index (Phi) is 7.27. The van der Waals surface area contributed by atoms with Crippen LogP contribution in [0.15, 0.2) is 48.5 Å². The summed E-state index contributed by atoms with van der Waals surface area (Å²) in [4.78, 5) is 35.9. The summed E-state index contributed by atoms with van der Waals surface area (Å²) in [6, 6.07) is 11.0. The third kappa shape index (κ3) is 5.15. The molecule has 0 saturated carbocycles. The first-order valence-corrected chi connectivity index (χ1v) is 9.82. The van der Waals surface area contributed by atoms with Gasteiger partial charge in [0.15, 0.2) is 12.4 Å². The van der Waals surface area contributed by atoms with E-state index < -0.39 is 17.4 Å². The Hall–Kier alpha value is -4.08. The van der Waals surface area contributed by atoms with Crippen molar-refractivity contribution in [3.8, 4) is 17.2 Å². The van der Waals surface area contributed by atoms with Crippen molar-refractivity contribution < 1.29 is 28.7 Å². The number of carbonyl (C=O) groups is 2. The minimum absolute atomic E-state index is 0.00654. The van der Waals surface area contributed by atoms with Gasteiger partial charge in [-0.05, 0) is 36.8 Å². The number of benzene rings is 2.